The van der Waals surface area contributed by atoms with E-state index in [0.717, 1.165) is 57.4 Å². The molecule has 0 bridgehead atoms. The molecule has 1 aromatic rings. The van der Waals surface area contributed by atoms with Gasteiger partial charge in [0.1, 0.15) is 11.9 Å². The minimum atomic E-state index is -0.378. The summed E-state index contributed by atoms with van der Waals surface area (Å²) in [6.45, 7) is 3.42. The van der Waals surface area contributed by atoms with Gasteiger partial charge in [-0.15, -0.1) is 0 Å². The fraction of sp³-hybridized carbons (Fsp3) is 0.650. The predicted molar refractivity (Wildman–Crippen MR) is 99.2 cm³/mol. The largest absolute Gasteiger partial charge is 0.393 e. The van der Waals surface area contributed by atoms with Gasteiger partial charge in [0.15, 0.2) is 0 Å². The second kappa shape index (κ2) is 8.46. The van der Waals surface area contributed by atoms with E-state index in [2.05, 4.69) is 4.90 Å². The second-order valence-corrected chi connectivity index (χ2v) is 7.74. The van der Waals surface area contributed by atoms with Crippen molar-refractivity contribution in [2.24, 2.45) is 0 Å². The molecule has 2 saturated heterocycles. The van der Waals surface area contributed by atoms with Crippen LogP contribution in [-0.4, -0.2) is 78.1 Å². The monoisotopic (exact) mass is 363 g/mol. The Morgan fingerprint density at radius 1 is 1.08 bits per heavy atom. The molecule has 0 aliphatic carbocycles. The van der Waals surface area contributed by atoms with Gasteiger partial charge in [-0.25, -0.2) is 4.39 Å². The van der Waals surface area contributed by atoms with E-state index in [-0.39, 0.29) is 23.9 Å². The van der Waals surface area contributed by atoms with Crippen LogP contribution in [0.5, 0.6) is 0 Å². The van der Waals surface area contributed by atoms with Crippen LogP contribution in [0.1, 0.15) is 37.3 Å². The van der Waals surface area contributed by atoms with E-state index in [1.807, 2.05) is 23.9 Å². The van der Waals surface area contributed by atoms with Gasteiger partial charge in [-0.05, 0) is 57.5 Å². The molecule has 1 aromatic carbocycles. The van der Waals surface area contributed by atoms with Crippen molar-refractivity contribution in [1.29, 1.82) is 0 Å². The summed E-state index contributed by atoms with van der Waals surface area (Å²) in [4.78, 5) is 19.4. The number of halogens is 1. The molecule has 1 amide bonds. The van der Waals surface area contributed by atoms with Gasteiger partial charge in [-0.3, -0.25) is 9.69 Å². The first kappa shape index (κ1) is 19.3. The quantitative estimate of drug-likeness (QED) is 0.887. The lowest BCUT2D eigenvalue weighted by Crippen LogP contribution is -2.51. The summed E-state index contributed by atoms with van der Waals surface area (Å²) < 4.78 is 13.2. The Hall–Kier alpha value is -1.50. The minimum absolute atomic E-state index is 0.0918. The van der Waals surface area contributed by atoms with Crippen LogP contribution in [0, 0.1) is 5.82 Å². The van der Waals surface area contributed by atoms with Crippen molar-refractivity contribution >= 4 is 5.91 Å². The highest BCUT2D eigenvalue weighted by Crippen LogP contribution is 2.26. The third kappa shape index (κ3) is 4.42. The molecule has 6 heteroatoms. The van der Waals surface area contributed by atoms with Crippen molar-refractivity contribution in [2.45, 2.75) is 43.9 Å². The number of hydrogen-bond acceptors (Lipinski definition) is 4. The van der Waals surface area contributed by atoms with Crippen LogP contribution >= 0.6 is 0 Å². The number of nitrogens with zero attached hydrogens (tertiary/aromatic N) is 3. The smallest absolute Gasteiger partial charge is 0.244 e. The van der Waals surface area contributed by atoms with Gasteiger partial charge in [0, 0.05) is 32.2 Å². The number of rotatable bonds is 4. The lowest BCUT2D eigenvalue weighted by atomic mass is 9.97. The number of hydrogen-bond donors (Lipinski definition) is 1. The highest BCUT2D eigenvalue weighted by molar-refractivity contribution is 5.83. The normalized spacial score (nSPS) is 22.0. The van der Waals surface area contributed by atoms with Crippen LogP contribution < -0.4 is 0 Å². The maximum absolute atomic E-state index is 13.2. The van der Waals surface area contributed by atoms with Crippen LogP contribution in [-0.2, 0) is 4.79 Å². The molecule has 3 rings (SSSR count). The van der Waals surface area contributed by atoms with Gasteiger partial charge in [0.25, 0.3) is 0 Å². The summed E-state index contributed by atoms with van der Waals surface area (Å²) in [5.74, 6) is -0.194. The summed E-state index contributed by atoms with van der Waals surface area (Å²) in [6, 6.07) is 6.35. The zero-order valence-electron chi connectivity index (χ0n) is 15.8. The third-order valence-electron chi connectivity index (χ3n) is 5.73. The number of carbonyl (C=O) groups excluding carboxylic acids is 1. The van der Waals surface area contributed by atoms with E-state index >= 15 is 0 Å². The molecular weight excluding hydrogens is 333 g/mol. The van der Waals surface area contributed by atoms with Crippen molar-refractivity contribution in [3.63, 3.8) is 0 Å². The highest BCUT2D eigenvalue weighted by atomic mass is 19.1. The molecule has 0 saturated carbocycles. The fourth-order valence-electron chi connectivity index (χ4n) is 4.18. The van der Waals surface area contributed by atoms with Gasteiger partial charge >= 0.3 is 0 Å². The molecule has 26 heavy (non-hydrogen) atoms. The first-order chi connectivity index (χ1) is 12.5. The van der Waals surface area contributed by atoms with E-state index < -0.39 is 0 Å². The summed E-state index contributed by atoms with van der Waals surface area (Å²) in [7, 11) is 3.77. The van der Waals surface area contributed by atoms with Crippen molar-refractivity contribution in [2.75, 3.05) is 40.3 Å². The number of aliphatic hydroxyl groups excluding tert-OH is 1. The van der Waals surface area contributed by atoms with Crippen molar-refractivity contribution in [1.82, 2.24) is 14.7 Å². The Bertz CT molecular complexity index is 592. The molecule has 0 radical (unpaired) electrons. The Kier molecular flexibility index (Phi) is 6.27. The Labute approximate surface area is 155 Å². The number of benzene rings is 1. The van der Waals surface area contributed by atoms with Gasteiger partial charge in [0.2, 0.25) is 5.91 Å². The summed E-state index contributed by atoms with van der Waals surface area (Å²) in [6.07, 6.45) is 3.51. The number of carbonyl (C=O) groups is 1. The molecule has 144 valence electrons. The predicted octanol–water partition coefficient (Wildman–Crippen LogP) is 1.88. The molecule has 5 nitrogen and oxygen atoms in total. The molecule has 2 fully saturated rings. The number of likely N-dealkylation sites (tertiary alicyclic amines) is 2. The van der Waals surface area contributed by atoms with Crippen LogP contribution in [0.15, 0.2) is 24.3 Å². The summed E-state index contributed by atoms with van der Waals surface area (Å²) in [5, 5.41) is 9.67. The van der Waals surface area contributed by atoms with E-state index in [0.29, 0.717) is 6.04 Å². The first-order valence-electron chi connectivity index (χ1n) is 9.58. The van der Waals surface area contributed by atoms with Gasteiger partial charge < -0.3 is 14.9 Å². The average molecular weight is 363 g/mol. The molecule has 1 N–H and O–H groups in total. The average Bonchev–Trinajstić information content (AvgIpc) is 2.64. The lowest BCUT2D eigenvalue weighted by molar-refractivity contribution is -0.138. The molecule has 0 spiro atoms. The molecule has 2 aliphatic rings. The van der Waals surface area contributed by atoms with E-state index in [4.69, 9.17) is 0 Å². The fourth-order valence-corrected chi connectivity index (χ4v) is 4.18. The topological polar surface area (TPSA) is 47.0 Å². The van der Waals surface area contributed by atoms with Crippen molar-refractivity contribution < 1.29 is 14.3 Å². The van der Waals surface area contributed by atoms with Crippen LogP contribution in [0.3, 0.4) is 0 Å². The zero-order chi connectivity index (χ0) is 18.7. The SMILES string of the molecule is CN(C)[C@@H](C(=O)N1CCC(N2CCC(O)CC2)CC1)c1ccc(F)cc1. The van der Waals surface area contributed by atoms with Crippen LogP contribution in [0.4, 0.5) is 4.39 Å². The lowest BCUT2D eigenvalue weighted by Gasteiger charge is -2.42. The van der Waals surface area contributed by atoms with Gasteiger partial charge in [-0.1, -0.05) is 12.1 Å². The second-order valence-electron chi connectivity index (χ2n) is 7.74. The van der Waals surface area contributed by atoms with E-state index in [1.54, 1.807) is 12.1 Å². The van der Waals surface area contributed by atoms with Crippen LogP contribution in [0.25, 0.3) is 0 Å². The number of aliphatic hydroxyl groups is 1. The zero-order valence-corrected chi connectivity index (χ0v) is 15.8. The summed E-state index contributed by atoms with van der Waals surface area (Å²) in [5.41, 5.74) is 0.827. The third-order valence-corrected chi connectivity index (χ3v) is 5.73. The van der Waals surface area contributed by atoms with Crippen molar-refractivity contribution in [3.8, 4) is 0 Å². The maximum Gasteiger partial charge on any atom is 0.244 e. The van der Waals surface area contributed by atoms with E-state index in [1.165, 1.54) is 12.1 Å². The Morgan fingerprint density at radius 2 is 1.65 bits per heavy atom. The van der Waals surface area contributed by atoms with Crippen LogP contribution in [0.2, 0.25) is 0 Å². The standard InChI is InChI=1S/C20H30FN3O2/c1-22(2)19(15-3-5-16(21)6-4-15)20(26)24-11-7-17(8-12-24)23-13-9-18(25)10-14-23/h3-6,17-19,25H,7-14H2,1-2H3/t19-/m1/s1. The maximum atomic E-state index is 13.2. The molecular formula is C20H30FN3O2. The molecule has 1 atom stereocenters. The highest BCUT2D eigenvalue weighted by Gasteiger charge is 2.33. The van der Waals surface area contributed by atoms with Gasteiger partial charge in [0.05, 0.1) is 6.10 Å². The number of piperidine rings is 2. The molecule has 0 aromatic heterocycles. The number of amides is 1. The first-order valence-corrected chi connectivity index (χ1v) is 9.58. The summed E-state index contributed by atoms with van der Waals surface area (Å²) >= 11 is 0. The van der Waals surface area contributed by atoms with Crippen molar-refractivity contribution in [3.05, 3.63) is 35.6 Å². The molecule has 0 unspecified atom stereocenters. The minimum Gasteiger partial charge on any atom is -0.393 e. The van der Waals surface area contributed by atoms with E-state index in [9.17, 15) is 14.3 Å². The molecule has 2 aliphatic heterocycles. The molecule has 2 heterocycles. The number of likely N-dealkylation sites (N-methyl/N-ethyl adjacent to an activating group) is 1. The van der Waals surface area contributed by atoms with Gasteiger partial charge in [-0.2, -0.15) is 0 Å². The Morgan fingerprint density at radius 3 is 2.19 bits per heavy atom. The Balaban J connectivity index is 1.60.